The van der Waals surface area contributed by atoms with Gasteiger partial charge in [0.25, 0.3) is 0 Å². The van der Waals surface area contributed by atoms with Crippen LogP contribution in [0.15, 0.2) is 170 Å². The van der Waals surface area contributed by atoms with Crippen molar-refractivity contribution >= 4 is 75.3 Å². The highest BCUT2D eigenvalue weighted by Gasteiger charge is 2.18. The van der Waals surface area contributed by atoms with Crippen molar-refractivity contribution in [3.8, 4) is 33.8 Å². The largest absolute Gasteiger partial charge is 0.309 e. The SMILES string of the molecule is c1ccc(-n2c3ccccc3c3cc(-c4ccc5c(c4)c4ccccc4n5-c4cccc(-c5ncnc6c5sc5ccccc56)c4)ccc32)cc1. The van der Waals surface area contributed by atoms with Crippen molar-refractivity contribution in [1.82, 2.24) is 19.1 Å². The number of hydrogen-bond donors (Lipinski definition) is 0. The van der Waals surface area contributed by atoms with Crippen LogP contribution in [0.3, 0.4) is 0 Å². The lowest BCUT2D eigenvalue weighted by molar-refractivity contribution is 1.18. The second kappa shape index (κ2) is 11.0. The van der Waals surface area contributed by atoms with E-state index in [-0.39, 0.29) is 0 Å². The van der Waals surface area contributed by atoms with E-state index in [1.807, 2.05) is 0 Å². The zero-order valence-corrected chi connectivity index (χ0v) is 28.2. The number of nitrogens with zero attached hydrogens (tertiary/aromatic N) is 4. The van der Waals surface area contributed by atoms with Crippen molar-refractivity contribution in [2.45, 2.75) is 0 Å². The molecule has 0 fully saturated rings. The summed E-state index contributed by atoms with van der Waals surface area (Å²) in [7, 11) is 0. The van der Waals surface area contributed by atoms with Crippen molar-refractivity contribution in [3.63, 3.8) is 0 Å². The number of hydrogen-bond acceptors (Lipinski definition) is 3. The maximum atomic E-state index is 4.81. The monoisotopic (exact) mass is 668 g/mol. The molecule has 4 heterocycles. The third kappa shape index (κ3) is 4.25. The first-order valence-electron chi connectivity index (χ1n) is 17.2. The fourth-order valence-electron chi connectivity index (χ4n) is 7.96. The first-order chi connectivity index (χ1) is 25.3. The topological polar surface area (TPSA) is 35.6 Å². The zero-order valence-electron chi connectivity index (χ0n) is 27.4. The Kier molecular flexibility index (Phi) is 6.09. The van der Waals surface area contributed by atoms with E-state index < -0.39 is 0 Å². The maximum absolute atomic E-state index is 4.81. The molecule has 0 aliphatic rings. The zero-order chi connectivity index (χ0) is 33.5. The Bertz CT molecular complexity index is 3150. The summed E-state index contributed by atoms with van der Waals surface area (Å²) in [5.41, 5.74) is 12.5. The maximum Gasteiger partial charge on any atom is 0.116 e. The molecule has 0 aliphatic heterocycles. The summed E-state index contributed by atoms with van der Waals surface area (Å²) >= 11 is 1.76. The highest BCUT2D eigenvalue weighted by atomic mass is 32.1. The summed E-state index contributed by atoms with van der Waals surface area (Å²) in [4.78, 5) is 9.49. The summed E-state index contributed by atoms with van der Waals surface area (Å²) in [5.74, 6) is 0. The third-order valence-corrected chi connectivity index (χ3v) is 11.4. The van der Waals surface area contributed by atoms with Crippen LogP contribution in [0.1, 0.15) is 0 Å². The van der Waals surface area contributed by atoms with Crippen molar-refractivity contribution in [1.29, 1.82) is 0 Å². The fourth-order valence-corrected chi connectivity index (χ4v) is 9.13. The minimum atomic E-state index is 0.968. The number of thiophene rings is 1. The summed E-state index contributed by atoms with van der Waals surface area (Å²) in [6.07, 6.45) is 1.70. The molecule has 0 unspecified atom stereocenters. The molecule has 0 atom stereocenters. The summed E-state index contributed by atoms with van der Waals surface area (Å²) in [5, 5.41) is 6.15. The molecule has 11 rings (SSSR count). The average Bonchev–Trinajstić information content (AvgIpc) is 3.85. The fraction of sp³-hybridized carbons (Fsp3) is 0. The summed E-state index contributed by atoms with van der Waals surface area (Å²) < 4.78 is 7.10. The van der Waals surface area contributed by atoms with E-state index in [0.717, 1.165) is 27.2 Å². The predicted octanol–water partition coefficient (Wildman–Crippen LogP) is 12.4. The Morgan fingerprint density at radius 3 is 1.67 bits per heavy atom. The Hall–Kier alpha value is -6.56. The molecule has 0 aliphatic carbocycles. The number of benzene rings is 7. The van der Waals surface area contributed by atoms with E-state index >= 15 is 0 Å². The molecule has 0 spiro atoms. The standard InChI is InChI=1S/C46H28N4S/c1-2-12-32(13-3-1)49-39-18-7-4-15-34(39)37-26-29(21-23-41(37)49)30-22-24-42-38(27-30)35-16-5-8-19-40(35)50(42)33-14-10-11-31(25-33)44-46-45(48-28-47-44)36-17-6-9-20-43(36)51-46/h1-28H. The second-order valence-electron chi connectivity index (χ2n) is 13.1. The normalized spacial score (nSPS) is 11.9. The van der Waals surface area contributed by atoms with E-state index in [9.17, 15) is 0 Å². The highest BCUT2D eigenvalue weighted by Crippen LogP contribution is 2.40. The van der Waals surface area contributed by atoms with Gasteiger partial charge in [-0.1, -0.05) is 97.1 Å². The molecule has 11 aromatic rings. The lowest BCUT2D eigenvalue weighted by atomic mass is 10.0. The van der Waals surface area contributed by atoms with Crippen LogP contribution < -0.4 is 0 Å². The van der Waals surface area contributed by atoms with Crippen molar-refractivity contribution in [2.75, 3.05) is 0 Å². The Morgan fingerprint density at radius 1 is 0.392 bits per heavy atom. The van der Waals surface area contributed by atoms with Gasteiger partial charge in [-0.05, 0) is 77.9 Å². The van der Waals surface area contributed by atoms with Gasteiger partial charge in [0.15, 0.2) is 0 Å². The molecule has 4 aromatic heterocycles. The molecule has 0 N–H and O–H groups in total. The van der Waals surface area contributed by atoms with Crippen LogP contribution in [0.2, 0.25) is 0 Å². The number of para-hydroxylation sites is 3. The highest BCUT2D eigenvalue weighted by molar-refractivity contribution is 7.26. The predicted molar refractivity (Wildman–Crippen MR) is 214 cm³/mol. The van der Waals surface area contributed by atoms with Crippen LogP contribution in [0.25, 0.3) is 97.7 Å². The molecular formula is C46H28N4S. The quantitative estimate of drug-likeness (QED) is 0.187. The summed E-state index contributed by atoms with van der Waals surface area (Å²) in [6, 6.07) is 59.1. The number of aromatic nitrogens is 4. The van der Waals surface area contributed by atoms with Gasteiger partial charge in [-0.25, -0.2) is 9.97 Å². The molecule has 238 valence electrons. The third-order valence-electron chi connectivity index (χ3n) is 10.2. The molecule has 0 bridgehead atoms. The number of rotatable bonds is 4. The lowest BCUT2D eigenvalue weighted by Gasteiger charge is -2.11. The van der Waals surface area contributed by atoms with E-state index in [1.54, 1.807) is 17.7 Å². The second-order valence-corrected chi connectivity index (χ2v) is 14.1. The van der Waals surface area contributed by atoms with E-state index in [2.05, 4.69) is 178 Å². The Labute approximate surface area is 297 Å². The van der Waals surface area contributed by atoms with Crippen molar-refractivity contribution in [3.05, 3.63) is 170 Å². The van der Waals surface area contributed by atoms with Gasteiger partial charge in [0.05, 0.1) is 38.0 Å². The van der Waals surface area contributed by atoms with Gasteiger partial charge in [-0.15, -0.1) is 11.3 Å². The van der Waals surface area contributed by atoms with Gasteiger partial charge in [0.1, 0.15) is 6.33 Å². The molecule has 0 amide bonds. The van der Waals surface area contributed by atoms with Crippen LogP contribution in [0.4, 0.5) is 0 Å². The van der Waals surface area contributed by atoms with Gasteiger partial charge in [0, 0.05) is 48.6 Å². The molecule has 7 aromatic carbocycles. The van der Waals surface area contributed by atoms with Crippen LogP contribution >= 0.6 is 11.3 Å². The van der Waals surface area contributed by atoms with Crippen molar-refractivity contribution in [2.24, 2.45) is 0 Å². The van der Waals surface area contributed by atoms with Crippen LogP contribution in [0, 0.1) is 0 Å². The first kappa shape index (κ1) is 28.3. The van der Waals surface area contributed by atoms with Crippen LogP contribution in [0.5, 0.6) is 0 Å². The Balaban J connectivity index is 1.07. The van der Waals surface area contributed by atoms with E-state index in [4.69, 9.17) is 4.98 Å². The van der Waals surface area contributed by atoms with Crippen LogP contribution in [-0.2, 0) is 0 Å². The molecule has 51 heavy (non-hydrogen) atoms. The molecule has 5 heteroatoms. The molecule has 4 nitrogen and oxygen atoms in total. The molecular weight excluding hydrogens is 641 g/mol. The van der Waals surface area contributed by atoms with Crippen LogP contribution in [-0.4, -0.2) is 19.1 Å². The minimum absolute atomic E-state index is 0.968. The smallest absolute Gasteiger partial charge is 0.116 e. The number of fused-ring (bicyclic) bond motifs is 9. The van der Waals surface area contributed by atoms with Gasteiger partial charge in [0.2, 0.25) is 0 Å². The summed E-state index contributed by atoms with van der Waals surface area (Å²) in [6.45, 7) is 0. The Morgan fingerprint density at radius 2 is 0.961 bits per heavy atom. The van der Waals surface area contributed by atoms with Gasteiger partial charge < -0.3 is 9.13 Å². The average molecular weight is 669 g/mol. The van der Waals surface area contributed by atoms with Crippen molar-refractivity contribution < 1.29 is 0 Å². The van der Waals surface area contributed by atoms with Gasteiger partial charge in [-0.3, -0.25) is 0 Å². The molecule has 0 saturated heterocycles. The van der Waals surface area contributed by atoms with E-state index in [1.165, 1.54) is 70.5 Å². The lowest BCUT2D eigenvalue weighted by Crippen LogP contribution is -1.95. The van der Waals surface area contributed by atoms with E-state index in [0.29, 0.717) is 0 Å². The first-order valence-corrected chi connectivity index (χ1v) is 18.0. The van der Waals surface area contributed by atoms with Gasteiger partial charge in [-0.2, -0.15) is 0 Å². The van der Waals surface area contributed by atoms with Gasteiger partial charge >= 0.3 is 0 Å². The minimum Gasteiger partial charge on any atom is -0.309 e. The molecule has 0 radical (unpaired) electrons. The molecule has 0 saturated carbocycles.